The van der Waals surface area contributed by atoms with Crippen LogP contribution in [0.25, 0.3) is 0 Å². The van der Waals surface area contributed by atoms with Gasteiger partial charge in [-0.3, -0.25) is 0 Å². The standard InChI is InChI=1S/C12H18N2O/c1-9-4-3-5-12(15,10(9)2)11-6-13-8-14-7-11/h6-10,15H,3-5H2,1-2H3. The highest BCUT2D eigenvalue weighted by atomic mass is 16.3. The highest BCUT2D eigenvalue weighted by Gasteiger charge is 2.41. The van der Waals surface area contributed by atoms with Gasteiger partial charge in [-0.25, -0.2) is 9.97 Å². The van der Waals surface area contributed by atoms with Crippen LogP contribution >= 0.6 is 0 Å². The van der Waals surface area contributed by atoms with Crippen molar-refractivity contribution >= 4 is 0 Å². The van der Waals surface area contributed by atoms with Crippen molar-refractivity contribution in [1.29, 1.82) is 0 Å². The van der Waals surface area contributed by atoms with Gasteiger partial charge in [0, 0.05) is 18.0 Å². The summed E-state index contributed by atoms with van der Waals surface area (Å²) in [4.78, 5) is 7.99. The Hall–Kier alpha value is -0.960. The first kappa shape index (κ1) is 10.6. The first-order valence-corrected chi connectivity index (χ1v) is 5.62. The number of aromatic nitrogens is 2. The normalized spacial score (nSPS) is 36.5. The molecule has 1 fully saturated rings. The molecular weight excluding hydrogens is 188 g/mol. The third kappa shape index (κ3) is 1.76. The van der Waals surface area contributed by atoms with Crippen LogP contribution in [-0.4, -0.2) is 15.1 Å². The molecule has 1 aromatic rings. The Labute approximate surface area is 90.6 Å². The van der Waals surface area contributed by atoms with Crippen molar-refractivity contribution in [2.75, 3.05) is 0 Å². The minimum Gasteiger partial charge on any atom is -0.385 e. The molecule has 3 unspecified atom stereocenters. The summed E-state index contributed by atoms with van der Waals surface area (Å²) in [7, 11) is 0. The molecule has 0 bridgehead atoms. The second-order valence-electron chi connectivity index (χ2n) is 4.71. The number of aliphatic hydroxyl groups is 1. The Kier molecular flexibility index (Phi) is 2.74. The fraction of sp³-hybridized carbons (Fsp3) is 0.667. The van der Waals surface area contributed by atoms with Crippen molar-refractivity contribution in [3.8, 4) is 0 Å². The summed E-state index contributed by atoms with van der Waals surface area (Å²) in [6, 6.07) is 0. The van der Waals surface area contributed by atoms with E-state index < -0.39 is 5.60 Å². The molecule has 3 heteroatoms. The van der Waals surface area contributed by atoms with Crippen LogP contribution in [0.15, 0.2) is 18.7 Å². The van der Waals surface area contributed by atoms with Crippen LogP contribution in [0.1, 0.15) is 38.7 Å². The minimum absolute atomic E-state index is 0.275. The minimum atomic E-state index is -0.723. The summed E-state index contributed by atoms with van der Waals surface area (Å²) in [5.74, 6) is 0.834. The molecule has 0 amide bonds. The number of hydrogen-bond acceptors (Lipinski definition) is 3. The Balaban J connectivity index is 2.32. The molecule has 0 saturated heterocycles. The Bertz CT molecular complexity index is 328. The van der Waals surface area contributed by atoms with E-state index in [0.717, 1.165) is 18.4 Å². The lowest BCUT2D eigenvalue weighted by atomic mass is 9.68. The van der Waals surface area contributed by atoms with E-state index in [1.165, 1.54) is 12.7 Å². The fourth-order valence-electron chi connectivity index (χ4n) is 2.57. The van der Waals surface area contributed by atoms with Gasteiger partial charge < -0.3 is 5.11 Å². The van der Waals surface area contributed by atoms with Crippen LogP contribution in [0, 0.1) is 11.8 Å². The highest BCUT2D eigenvalue weighted by Crippen LogP contribution is 2.43. The summed E-state index contributed by atoms with van der Waals surface area (Å²) in [6.45, 7) is 4.33. The molecule has 0 radical (unpaired) electrons. The van der Waals surface area contributed by atoms with Gasteiger partial charge in [0.1, 0.15) is 6.33 Å². The average Bonchev–Trinajstić information content (AvgIpc) is 2.27. The van der Waals surface area contributed by atoms with Gasteiger partial charge in [0.15, 0.2) is 0 Å². The van der Waals surface area contributed by atoms with Crippen molar-refractivity contribution in [2.45, 2.75) is 38.7 Å². The van der Waals surface area contributed by atoms with Crippen LogP contribution < -0.4 is 0 Å². The van der Waals surface area contributed by atoms with Gasteiger partial charge in [-0.1, -0.05) is 20.3 Å². The van der Waals surface area contributed by atoms with E-state index in [0.29, 0.717) is 5.92 Å². The summed E-state index contributed by atoms with van der Waals surface area (Å²) >= 11 is 0. The van der Waals surface area contributed by atoms with E-state index >= 15 is 0 Å². The lowest BCUT2D eigenvalue weighted by Crippen LogP contribution is -2.40. The molecule has 15 heavy (non-hydrogen) atoms. The summed E-state index contributed by atoms with van der Waals surface area (Å²) in [5.41, 5.74) is 0.142. The molecule has 3 atom stereocenters. The SMILES string of the molecule is CC1CCCC(O)(c2cncnc2)C1C. The van der Waals surface area contributed by atoms with Crippen molar-refractivity contribution in [2.24, 2.45) is 11.8 Å². The molecule has 1 saturated carbocycles. The summed E-state index contributed by atoms with van der Waals surface area (Å²) < 4.78 is 0. The third-order valence-corrected chi connectivity index (χ3v) is 3.88. The predicted molar refractivity (Wildman–Crippen MR) is 58.1 cm³/mol. The quantitative estimate of drug-likeness (QED) is 0.765. The van der Waals surface area contributed by atoms with E-state index in [1.807, 2.05) is 0 Å². The molecule has 0 aromatic carbocycles. The molecule has 2 rings (SSSR count). The smallest absolute Gasteiger partial charge is 0.115 e. The van der Waals surface area contributed by atoms with E-state index in [2.05, 4.69) is 23.8 Å². The van der Waals surface area contributed by atoms with Gasteiger partial charge in [-0.15, -0.1) is 0 Å². The fourth-order valence-corrected chi connectivity index (χ4v) is 2.57. The van der Waals surface area contributed by atoms with Gasteiger partial charge in [-0.05, 0) is 24.7 Å². The first-order chi connectivity index (χ1) is 7.14. The van der Waals surface area contributed by atoms with E-state index in [4.69, 9.17) is 0 Å². The van der Waals surface area contributed by atoms with Gasteiger partial charge in [0.25, 0.3) is 0 Å². The molecule has 3 nitrogen and oxygen atoms in total. The summed E-state index contributed by atoms with van der Waals surface area (Å²) in [5, 5.41) is 10.7. The van der Waals surface area contributed by atoms with Crippen LogP contribution in [0.2, 0.25) is 0 Å². The maximum absolute atomic E-state index is 10.7. The van der Waals surface area contributed by atoms with Crippen molar-refractivity contribution in [3.05, 3.63) is 24.3 Å². The average molecular weight is 206 g/mol. The van der Waals surface area contributed by atoms with E-state index in [-0.39, 0.29) is 5.92 Å². The molecular formula is C12H18N2O. The maximum Gasteiger partial charge on any atom is 0.115 e. The molecule has 0 spiro atoms. The van der Waals surface area contributed by atoms with Crippen molar-refractivity contribution < 1.29 is 5.11 Å². The van der Waals surface area contributed by atoms with Gasteiger partial charge in [-0.2, -0.15) is 0 Å². The van der Waals surface area contributed by atoms with Crippen LogP contribution in [0.5, 0.6) is 0 Å². The second kappa shape index (κ2) is 3.89. The Morgan fingerprint density at radius 3 is 2.67 bits per heavy atom. The van der Waals surface area contributed by atoms with Gasteiger partial charge in [0.2, 0.25) is 0 Å². The van der Waals surface area contributed by atoms with Gasteiger partial charge >= 0.3 is 0 Å². The largest absolute Gasteiger partial charge is 0.385 e. The lowest BCUT2D eigenvalue weighted by molar-refractivity contribution is -0.0693. The Morgan fingerprint density at radius 1 is 1.33 bits per heavy atom. The van der Waals surface area contributed by atoms with Crippen LogP contribution in [0.4, 0.5) is 0 Å². The van der Waals surface area contributed by atoms with Crippen molar-refractivity contribution in [1.82, 2.24) is 9.97 Å². The summed E-state index contributed by atoms with van der Waals surface area (Å²) in [6.07, 6.45) is 8.09. The molecule has 1 heterocycles. The van der Waals surface area contributed by atoms with E-state index in [9.17, 15) is 5.11 Å². The molecule has 1 N–H and O–H groups in total. The highest BCUT2D eigenvalue weighted by molar-refractivity contribution is 5.17. The third-order valence-electron chi connectivity index (χ3n) is 3.88. The molecule has 1 aliphatic rings. The first-order valence-electron chi connectivity index (χ1n) is 5.62. The predicted octanol–water partition coefficient (Wildman–Crippen LogP) is 2.12. The molecule has 1 aliphatic carbocycles. The lowest BCUT2D eigenvalue weighted by Gasteiger charge is -2.41. The zero-order valence-corrected chi connectivity index (χ0v) is 9.35. The van der Waals surface area contributed by atoms with E-state index in [1.54, 1.807) is 12.4 Å². The maximum atomic E-state index is 10.7. The number of hydrogen-bond donors (Lipinski definition) is 1. The number of rotatable bonds is 1. The zero-order valence-electron chi connectivity index (χ0n) is 9.35. The second-order valence-corrected chi connectivity index (χ2v) is 4.71. The zero-order chi connectivity index (χ0) is 10.9. The van der Waals surface area contributed by atoms with Crippen LogP contribution in [-0.2, 0) is 5.60 Å². The number of nitrogens with zero attached hydrogens (tertiary/aromatic N) is 2. The molecule has 1 aromatic heterocycles. The molecule has 82 valence electrons. The topological polar surface area (TPSA) is 46.0 Å². The monoisotopic (exact) mass is 206 g/mol. The van der Waals surface area contributed by atoms with Gasteiger partial charge in [0.05, 0.1) is 5.60 Å². The van der Waals surface area contributed by atoms with Crippen molar-refractivity contribution in [3.63, 3.8) is 0 Å². The van der Waals surface area contributed by atoms with Crippen LogP contribution in [0.3, 0.4) is 0 Å². The Morgan fingerprint density at radius 2 is 2.00 bits per heavy atom. The molecule has 0 aliphatic heterocycles.